The number of hydrogen-bond donors (Lipinski definition) is 0. The highest BCUT2D eigenvalue weighted by Crippen LogP contribution is 2.10. The van der Waals surface area contributed by atoms with E-state index in [1.54, 1.807) is 0 Å². The Hall–Kier alpha value is -1.05. The first kappa shape index (κ1) is 26.0. The number of rotatable bonds is 20. The summed E-state index contributed by atoms with van der Waals surface area (Å²) in [6.45, 7) is 4.85. The lowest BCUT2D eigenvalue weighted by Gasteiger charge is -2.02. The van der Waals surface area contributed by atoms with Gasteiger partial charge in [0.05, 0.1) is 0 Å². The van der Waals surface area contributed by atoms with Crippen molar-refractivity contribution >= 4 is 5.97 Å². The van der Waals surface area contributed by atoms with Crippen molar-refractivity contribution < 1.29 is 9.53 Å². The molecule has 2 heteroatoms. The van der Waals surface area contributed by atoms with Crippen molar-refractivity contribution in [1.82, 2.24) is 0 Å². The molecule has 0 radical (unpaired) electrons. The summed E-state index contributed by atoms with van der Waals surface area (Å²) in [4.78, 5) is 11.6. The summed E-state index contributed by atoms with van der Waals surface area (Å²) >= 11 is 0. The van der Waals surface area contributed by atoms with Crippen molar-refractivity contribution in [2.45, 2.75) is 123 Å². The van der Waals surface area contributed by atoms with Crippen molar-refractivity contribution in [3.63, 3.8) is 0 Å². The van der Waals surface area contributed by atoms with Gasteiger partial charge < -0.3 is 4.74 Å². The second-order valence-corrected chi connectivity index (χ2v) is 7.63. The molecule has 0 aromatic rings. The van der Waals surface area contributed by atoms with Crippen molar-refractivity contribution in [3.05, 3.63) is 24.3 Å². The molecule has 0 saturated heterocycles. The molecule has 27 heavy (non-hydrogen) atoms. The minimum Gasteiger partial charge on any atom is -0.461 e. The van der Waals surface area contributed by atoms with Crippen molar-refractivity contribution in [3.8, 4) is 0 Å². The Kier molecular flexibility index (Phi) is 22.1. The third-order valence-corrected chi connectivity index (χ3v) is 4.86. The van der Waals surface area contributed by atoms with E-state index >= 15 is 0 Å². The lowest BCUT2D eigenvalue weighted by molar-refractivity contribution is -0.142. The maximum Gasteiger partial charge on any atom is 0.306 e. The molecule has 0 amide bonds. The van der Waals surface area contributed by atoms with Gasteiger partial charge in [0.25, 0.3) is 0 Å². The normalized spacial score (nSPS) is 11.6. The molecule has 158 valence electrons. The molecule has 0 heterocycles. The highest BCUT2D eigenvalue weighted by atomic mass is 16.5. The van der Waals surface area contributed by atoms with Gasteiger partial charge in [-0.3, -0.25) is 4.79 Å². The first-order valence-corrected chi connectivity index (χ1v) is 11.8. The summed E-state index contributed by atoms with van der Waals surface area (Å²) in [6, 6.07) is 0. The van der Waals surface area contributed by atoms with E-state index in [-0.39, 0.29) is 5.97 Å². The zero-order valence-corrected chi connectivity index (χ0v) is 18.4. The molecule has 0 spiro atoms. The fourth-order valence-corrected chi connectivity index (χ4v) is 3.08. The van der Waals surface area contributed by atoms with Gasteiger partial charge in [-0.25, -0.2) is 0 Å². The zero-order chi connectivity index (χ0) is 19.8. The molecule has 0 fully saturated rings. The Bertz CT molecular complexity index is 357. The van der Waals surface area contributed by atoms with Crippen LogP contribution in [0.2, 0.25) is 0 Å². The predicted molar refractivity (Wildman–Crippen MR) is 119 cm³/mol. The van der Waals surface area contributed by atoms with Crippen LogP contribution >= 0.6 is 0 Å². The predicted octanol–water partition coefficient (Wildman–Crippen LogP) is 8.31. The van der Waals surface area contributed by atoms with E-state index in [2.05, 4.69) is 32.1 Å². The molecule has 0 aliphatic rings. The Morgan fingerprint density at radius 3 is 1.70 bits per heavy atom. The van der Waals surface area contributed by atoms with Crippen LogP contribution in [-0.4, -0.2) is 12.6 Å². The molecule has 0 saturated carbocycles. The third-order valence-electron chi connectivity index (χ3n) is 4.86. The van der Waals surface area contributed by atoms with Crippen molar-refractivity contribution in [2.24, 2.45) is 0 Å². The number of ether oxygens (including phenoxy) is 1. The Morgan fingerprint density at radius 1 is 0.593 bits per heavy atom. The van der Waals surface area contributed by atoms with Gasteiger partial charge in [0.2, 0.25) is 0 Å². The number of carbonyl (C=O) groups is 1. The average molecular weight is 379 g/mol. The molecule has 0 rings (SSSR count). The number of unbranched alkanes of at least 4 members (excludes halogenated alkanes) is 13. The maximum atomic E-state index is 11.6. The van der Waals surface area contributed by atoms with E-state index in [1.807, 2.05) is 6.08 Å². The Morgan fingerprint density at radius 2 is 1.11 bits per heavy atom. The molecule has 2 nitrogen and oxygen atoms in total. The van der Waals surface area contributed by atoms with E-state index in [9.17, 15) is 4.79 Å². The van der Waals surface area contributed by atoms with Crippen LogP contribution in [0.3, 0.4) is 0 Å². The van der Waals surface area contributed by atoms with Crippen LogP contribution in [-0.2, 0) is 9.53 Å². The molecule has 0 atom stereocenters. The van der Waals surface area contributed by atoms with Crippen molar-refractivity contribution in [2.75, 3.05) is 6.61 Å². The summed E-state index contributed by atoms with van der Waals surface area (Å²) in [5.41, 5.74) is 0. The van der Waals surface area contributed by atoms with Gasteiger partial charge in [0, 0.05) is 6.42 Å². The molecule has 0 aliphatic heterocycles. The molecular formula is C25H46O2. The van der Waals surface area contributed by atoms with Crippen LogP contribution in [0.15, 0.2) is 24.3 Å². The molecule has 0 aromatic heterocycles. The van der Waals surface area contributed by atoms with Crippen LogP contribution in [0.1, 0.15) is 123 Å². The summed E-state index contributed by atoms with van der Waals surface area (Å²) < 4.78 is 5.18. The van der Waals surface area contributed by atoms with E-state index in [4.69, 9.17) is 4.74 Å². The summed E-state index contributed by atoms with van der Waals surface area (Å²) in [5, 5.41) is 0. The van der Waals surface area contributed by atoms with Gasteiger partial charge >= 0.3 is 5.97 Å². The lowest BCUT2D eigenvalue weighted by atomic mass is 10.1. The average Bonchev–Trinajstić information content (AvgIpc) is 2.67. The van der Waals surface area contributed by atoms with E-state index in [1.165, 1.54) is 77.0 Å². The number of hydrogen-bond acceptors (Lipinski definition) is 2. The first-order valence-electron chi connectivity index (χ1n) is 11.8. The van der Waals surface area contributed by atoms with Crippen LogP contribution in [0.4, 0.5) is 0 Å². The highest BCUT2D eigenvalue weighted by Gasteiger charge is 2.00. The van der Waals surface area contributed by atoms with Gasteiger partial charge in [0.1, 0.15) is 6.61 Å². The van der Waals surface area contributed by atoms with Crippen LogP contribution in [0.25, 0.3) is 0 Å². The number of allylic oxidation sites excluding steroid dienone is 3. The fraction of sp³-hybridized carbons (Fsp3) is 0.800. The first-order chi connectivity index (χ1) is 13.3. The van der Waals surface area contributed by atoms with Crippen LogP contribution in [0, 0.1) is 0 Å². The van der Waals surface area contributed by atoms with E-state index < -0.39 is 0 Å². The van der Waals surface area contributed by atoms with Crippen molar-refractivity contribution in [1.29, 1.82) is 0 Å². The summed E-state index contributed by atoms with van der Waals surface area (Å²) in [6.07, 6.45) is 29.6. The molecule has 0 bridgehead atoms. The molecule has 0 N–H and O–H groups in total. The Balaban J connectivity index is 3.22. The quantitative estimate of drug-likeness (QED) is 0.121. The molecule has 0 unspecified atom stereocenters. The van der Waals surface area contributed by atoms with Gasteiger partial charge in [-0.05, 0) is 38.5 Å². The lowest BCUT2D eigenvalue weighted by Crippen LogP contribution is -2.03. The number of esters is 1. The second-order valence-electron chi connectivity index (χ2n) is 7.63. The van der Waals surface area contributed by atoms with E-state index in [0.717, 1.165) is 25.7 Å². The highest BCUT2D eigenvalue weighted by molar-refractivity contribution is 5.69. The minimum atomic E-state index is -0.0514. The smallest absolute Gasteiger partial charge is 0.306 e. The number of carbonyl (C=O) groups excluding carboxylic acids is 1. The molecule has 0 aromatic carbocycles. The molecular weight excluding hydrogens is 332 g/mol. The van der Waals surface area contributed by atoms with Gasteiger partial charge in [-0.1, -0.05) is 102 Å². The topological polar surface area (TPSA) is 26.3 Å². The summed E-state index contributed by atoms with van der Waals surface area (Å²) in [7, 11) is 0. The minimum absolute atomic E-state index is 0.0514. The van der Waals surface area contributed by atoms with Gasteiger partial charge in [-0.15, -0.1) is 0 Å². The maximum absolute atomic E-state index is 11.6. The third kappa shape index (κ3) is 22.9. The standard InChI is InChI=1S/C25H46O2/c1-3-5-7-9-10-11-12-13-14-15-16-17-18-19-20-21-23-25(26)27-24-22-8-6-4-2/h8,14-15,22H,3-7,9-13,16-21,23-24H2,1-2H3/b15-14-,22-8-. The fourth-order valence-electron chi connectivity index (χ4n) is 3.08. The van der Waals surface area contributed by atoms with Gasteiger partial charge in [0.15, 0.2) is 0 Å². The van der Waals surface area contributed by atoms with Crippen LogP contribution in [0.5, 0.6) is 0 Å². The monoisotopic (exact) mass is 378 g/mol. The second kappa shape index (κ2) is 23.0. The van der Waals surface area contributed by atoms with E-state index in [0.29, 0.717) is 13.0 Å². The summed E-state index contributed by atoms with van der Waals surface area (Å²) in [5.74, 6) is -0.0514. The van der Waals surface area contributed by atoms with Crippen LogP contribution < -0.4 is 0 Å². The van der Waals surface area contributed by atoms with Gasteiger partial charge in [-0.2, -0.15) is 0 Å². The SMILES string of the molecule is CCC/C=C\COC(=O)CCCCCCC/C=C\CCCCCCCCC. The zero-order valence-electron chi connectivity index (χ0n) is 18.4. The molecule has 0 aliphatic carbocycles. The largest absolute Gasteiger partial charge is 0.461 e. The Labute approximate surface area is 169 Å².